The number of rotatable bonds is 11. The van der Waals surface area contributed by atoms with Crippen LogP contribution >= 0.6 is 11.6 Å². The van der Waals surface area contributed by atoms with Gasteiger partial charge in [0.2, 0.25) is 5.88 Å². The number of halogens is 4. The van der Waals surface area contributed by atoms with E-state index in [0.717, 1.165) is 25.7 Å². The lowest BCUT2D eigenvalue weighted by atomic mass is 10.1. The number of methoxy groups -OCH3 is 1. The van der Waals surface area contributed by atoms with Crippen LogP contribution in [0.1, 0.15) is 49.7 Å². The van der Waals surface area contributed by atoms with E-state index in [4.69, 9.17) is 25.8 Å². The summed E-state index contributed by atoms with van der Waals surface area (Å²) in [4.78, 5) is 15.7. The van der Waals surface area contributed by atoms with Crippen molar-refractivity contribution in [1.82, 2.24) is 14.0 Å². The van der Waals surface area contributed by atoms with Crippen molar-refractivity contribution in [2.45, 2.75) is 57.3 Å². The molecule has 1 aromatic heterocycles. The van der Waals surface area contributed by atoms with Gasteiger partial charge in [-0.15, -0.1) is 0 Å². The van der Waals surface area contributed by atoms with E-state index >= 15 is 0 Å². The minimum absolute atomic E-state index is 0.0699. The van der Waals surface area contributed by atoms with Crippen LogP contribution in [-0.4, -0.2) is 55.3 Å². The Kier molecular flexibility index (Phi) is 10.6. The fourth-order valence-corrected chi connectivity index (χ4v) is 5.44. The van der Waals surface area contributed by atoms with E-state index in [0.29, 0.717) is 25.1 Å². The van der Waals surface area contributed by atoms with Gasteiger partial charge in [0.05, 0.1) is 18.7 Å². The Morgan fingerprint density at radius 2 is 1.87 bits per heavy atom. The van der Waals surface area contributed by atoms with Crippen molar-refractivity contribution in [1.29, 1.82) is 0 Å². The van der Waals surface area contributed by atoms with Gasteiger partial charge in [-0.2, -0.15) is 30.6 Å². The summed E-state index contributed by atoms with van der Waals surface area (Å²) in [6.07, 6.45) is -1.11. The minimum Gasteiger partial charge on any atom is -0.491 e. The van der Waals surface area contributed by atoms with Crippen molar-refractivity contribution in [3.05, 3.63) is 46.6 Å². The first-order valence-corrected chi connectivity index (χ1v) is 13.9. The van der Waals surface area contributed by atoms with Crippen LogP contribution < -0.4 is 14.2 Å². The summed E-state index contributed by atoms with van der Waals surface area (Å²) < 4.78 is 84.1. The molecule has 0 spiro atoms. The van der Waals surface area contributed by atoms with E-state index in [-0.39, 0.29) is 34.6 Å². The third-order valence-electron chi connectivity index (χ3n) is 5.92. The normalized spacial score (nSPS) is 15.0. The fourth-order valence-electron chi connectivity index (χ4n) is 3.93. The second kappa shape index (κ2) is 13.5. The molecule has 1 heterocycles. The van der Waals surface area contributed by atoms with Crippen LogP contribution in [0.3, 0.4) is 0 Å². The van der Waals surface area contributed by atoms with Crippen LogP contribution in [0.5, 0.6) is 17.4 Å². The number of alkyl halides is 3. The summed E-state index contributed by atoms with van der Waals surface area (Å²) in [6.45, 7) is -0.263. The Hall–Kier alpha value is -2.81. The summed E-state index contributed by atoms with van der Waals surface area (Å²) in [6, 6.07) is 4.40. The minimum atomic E-state index is -4.68. The van der Waals surface area contributed by atoms with E-state index in [1.807, 2.05) is 0 Å². The molecule has 0 unspecified atom stereocenters. The number of aromatic nitrogens is 1. The molecule has 0 atom stereocenters. The Balaban J connectivity index is 1.92. The lowest BCUT2D eigenvalue weighted by Gasteiger charge is -2.24. The molecule has 0 aliphatic heterocycles. The Morgan fingerprint density at radius 3 is 2.46 bits per heavy atom. The summed E-state index contributed by atoms with van der Waals surface area (Å²) in [5.74, 6) is -0.272. The molecule has 39 heavy (non-hydrogen) atoms. The molecule has 1 amide bonds. The van der Waals surface area contributed by atoms with Gasteiger partial charge in [0.1, 0.15) is 23.1 Å². The summed E-state index contributed by atoms with van der Waals surface area (Å²) in [7, 11) is -2.99. The maximum absolute atomic E-state index is 13.1. The van der Waals surface area contributed by atoms with Gasteiger partial charge in [-0.25, -0.2) is 9.78 Å². The molecular weight excluding hydrogens is 567 g/mol. The predicted molar refractivity (Wildman–Crippen MR) is 135 cm³/mol. The van der Waals surface area contributed by atoms with E-state index in [1.54, 1.807) is 0 Å². The molecule has 1 aromatic carbocycles. The van der Waals surface area contributed by atoms with Crippen molar-refractivity contribution in [3.8, 4) is 17.4 Å². The molecule has 3 rings (SSSR count). The zero-order valence-electron chi connectivity index (χ0n) is 21.0. The molecule has 2 N–H and O–H groups in total. The number of carbonyl (C=O) groups is 1. The highest BCUT2D eigenvalue weighted by atomic mass is 35.5. The maximum atomic E-state index is 13.1. The third-order valence-corrected chi connectivity index (χ3v) is 7.69. The first-order chi connectivity index (χ1) is 18.4. The van der Waals surface area contributed by atoms with Crippen molar-refractivity contribution < 1.29 is 45.7 Å². The van der Waals surface area contributed by atoms with Gasteiger partial charge in [0, 0.05) is 31.0 Å². The number of hydrogen-bond donors (Lipinski definition) is 2. The van der Waals surface area contributed by atoms with E-state index in [2.05, 4.69) is 9.71 Å². The molecule has 0 radical (unpaired) electrons. The zero-order valence-corrected chi connectivity index (χ0v) is 22.6. The molecule has 1 saturated carbocycles. The Morgan fingerprint density at radius 1 is 1.18 bits per heavy atom. The number of nitrogens with one attached hydrogen (secondary N) is 1. The number of nitrogens with zero attached hydrogens (tertiary/aromatic N) is 2. The highest BCUT2D eigenvalue weighted by Gasteiger charge is 2.33. The van der Waals surface area contributed by atoms with Gasteiger partial charge < -0.3 is 19.3 Å². The maximum Gasteiger partial charge on any atom is 0.422 e. The molecule has 1 aliphatic carbocycles. The van der Waals surface area contributed by atoms with E-state index in [1.165, 1.54) is 25.3 Å². The molecule has 1 fully saturated rings. The number of hydrogen-bond acceptors (Lipinski definition) is 7. The van der Waals surface area contributed by atoms with Crippen LogP contribution in [-0.2, 0) is 27.7 Å². The summed E-state index contributed by atoms with van der Waals surface area (Å²) in [5, 5.41) is 9.31. The number of carboxylic acid groups (broad SMARTS) is 1. The monoisotopic (exact) mass is 595 g/mol. The van der Waals surface area contributed by atoms with Gasteiger partial charge >= 0.3 is 22.5 Å². The van der Waals surface area contributed by atoms with Gasteiger partial charge in [0.15, 0.2) is 0 Å². The van der Waals surface area contributed by atoms with Crippen LogP contribution in [0.15, 0.2) is 30.5 Å². The first kappa shape index (κ1) is 30.7. The molecule has 0 bridgehead atoms. The van der Waals surface area contributed by atoms with Gasteiger partial charge in [-0.3, -0.25) is 0 Å². The Labute approximate surface area is 229 Å². The first-order valence-electron chi connectivity index (χ1n) is 12.1. The van der Waals surface area contributed by atoms with Crippen molar-refractivity contribution in [2.24, 2.45) is 0 Å². The summed E-state index contributed by atoms with van der Waals surface area (Å²) in [5.41, 5.74) is -1.02. The van der Waals surface area contributed by atoms with Crippen LogP contribution in [0.4, 0.5) is 18.0 Å². The molecular formula is C24H29ClF3N3O7S. The zero-order chi connectivity index (χ0) is 28.6. The lowest BCUT2D eigenvalue weighted by molar-refractivity contribution is -0.137. The lowest BCUT2D eigenvalue weighted by Crippen LogP contribution is -2.47. The predicted octanol–water partition coefficient (Wildman–Crippen LogP) is 5.61. The highest BCUT2D eigenvalue weighted by molar-refractivity contribution is 7.87. The number of ether oxygens (including phenoxy) is 3. The van der Waals surface area contributed by atoms with Crippen LogP contribution in [0, 0.1) is 0 Å². The van der Waals surface area contributed by atoms with Crippen LogP contribution in [0.25, 0.3) is 0 Å². The van der Waals surface area contributed by atoms with Gasteiger partial charge in [0.25, 0.3) is 0 Å². The molecule has 2 aromatic rings. The second-order valence-corrected chi connectivity index (χ2v) is 10.9. The fraction of sp³-hybridized carbons (Fsp3) is 0.500. The van der Waals surface area contributed by atoms with Gasteiger partial charge in [-0.05, 0) is 31.0 Å². The van der Waals surface area contributed by atoms with Crippen LogP contribution in [0.2, 0.25) is 5.02 Å². The molecule has 15 heteroatoms. The topological polar surface area (TPSA) is 127 Å². The van der Waals surface area contributed by atoms with E-state index < -0.39 is 51.5 Å². The standard InChI is InChI=1S/C24H29ClF3N3O7S/c1-36-10-11-37-19-9-8-16(21(13-19)38-22-20(25)12-17(14-29-22)24(26,27)28)15-31(23(32)33)39(34,35)30-18-6-4-2-3-5-7-18/h8-9,12-14,18,30H,2-7,10-11,15H2,1H3,(H,32,33). The van der Waals surface area contributed by atoms with Crippen molar-refractivity contribution >= 4 is 27.9 Å². The smallest absolute Gasteiger partial charge is 0.422 e. The highest BCUT2D eigenvalue weighted by Crippen LogP contribution is 2.37. The Bertz CT molecular complexity index is 1240. The SMILES string of the molecule is COCCOc1ccc(CN(C(=O)O)S(=O)(=O)NC2CCCCCC2)c(Oc2ncc(C(F)(F)F)cc2Cl)c1. The average Bonchev–Trinajstić information content (AvgIpc) is 3.12. The summed E-state index contributed by atoms with van der Waals surface area (Å²) >= 11 is 5.98. The quantitative estimate of drug-likeness (QED) is 0.254. The average molecular weight is 596 g/mol. The number of benzene rings is 1. The number of amides is 1. The molecule has 1 aliphatic rings. The van der Waals surface area contributed by atoms with Crippen molar-refractivity contribution in [3.63, 3.8) is 0 Å². The number of pyridine rings is 1. The second-order valence-electron chi connectivity index (χ2n) is 8.82. The van der Waals surface area contributed by atoms with E-state index in [9.17, 15) is 31.5 Å². The van der Waals surface area contributed by atoms with Gasteiger partial charge in [-0.1, -0.05) is 37.3 Å². The largest absolute Gasteiger partial charge is 0.491 e. The molecule has 0 saturated heterocycles. The molecule has 10 nitrogen and oxygen atoms in total. The van der Waals surface area contributed by atoms with Crippen molar-refractivity contribution in [2.75, 3.05) is 20.3 Å². The molecule has 216 valence electrons. The third kappa shape index (κ3) is 8.85.